The lowest BCUT2D eigenvalue weighted by atomic mass is 10.1. The van der Waals surface area contributed by atoms with Crippen molar-refractivity contribution in [3.63, 3.8) is 0 Å². The van der Waals surface area contributed by atoms with Gasteiger partial charge in [0.05, 0.1) is 20.2 Å². The lowest BCUT2D eigenvalue weighted by molar-refractivity contribution is -0.124. The molecule has 2 aromatic carbocycles. The lowest BCUT2D eigenvalue weighted by Crippen LogP contribution is -2.39. The highest BCUT2D eigenvalue weighted by atomic mass is 16.5. The number of methoxy groups -OCH3 is 1. The molecule has 0 aliphatic rings. The number of amides is 2. The van der Waals surface area contributed by atoms with Gasteiger partial charge in [-0.15, -0.1) is 0 Å². The highest BCUT2D eigenvalue weighted by Gasteiger charge is 2.12. The minimum Gasteiger partial charge on any atom is -0.496 e. The zero-order valence-electron chi connectivity index (χ0n) is 17.0. The van der Waals surface area contributed by atoms with Gasteiger partial charge in [-0.1, -0.05) is 42.8 Å². The maximum absolute atomic E-state index is 12.2. The highest BCUT2D eigenvalue weighted by molar-refractivity contribution is 5.95. The molecule has 0 fully saturated rings. The van der Waals surface area contributed by atoms with Crippen LogP contribution in [0.25, 0.3) is 0 Å². The Labute approximate surface area is 166 Å². The zero-order valence-corrected chi connectivity index (χ0v) is 17.0. The predicted molar refractivity (Wildman–Crippen MR) is 112 cm³/mol. The van der Waals surface area contributed by atoms with Crippen molar-refractivity contribution in [1.29, 1.82) is 0 Å². The Balaban J connectivity index is 1.82. The van der Waals surface area contributed by atoms with Crippen LogP contribution in [0.4, 0.5) is 5.69 Å². The van der Waals surface area contributed by atoms with Gasteiger partial charge in [0, 0.05) is 17.8 Å². The second-order valence-electron chi connectivity index (χ2n) is 6.82. The molecule has 0 saturated heterocycles. The van der Waals surface area contributed by atoms with E-state index >= 15 is 0 Å². The van der Waals surface area contributed by atoms with Crippen LogP contribution >= 0.6 is 0 Å². The Hall–Kier alpha value is -2.86. The van der Waals surface area contributed by atoms with Crippen molar-refractivity contribution in [3.8, 4) is 5.75 Å². The van der Waals surface area contributed by atoms with E-state index in [1.54, 1.807) is 7.11 Å². The second kappa shape index (κ2) is 10.5. The largest absolute Gasteiger partial charge is 0.496 e. The normalized spacial score (nSPS) is 10.6. The number of nitrogens with one attached hydrogen (secondary N) is 2. The number of para-hydroxylation sites is 1. The van der Waals surface area contributed by atoms with Crippen molar-refractivity contribution in [1.82, 2.24) is 10.2 Å². The van der Waals surface area contributed by atoms with Gasteiger partial charge in [0.25, 0.3) is 0 Å². The summed E-state index contributed by atoms with van der Waals surface area (Å²) < 4.78 is 5.38. The first kappa shape index (κ1) is 21.4. The van der Waals surface area contributed by atoms with Crippen LogP contribution in [0, 0.1) is 6.92 Å². The molecule has 2 N–H and O–H groups in total. The van der Waals surface area contributed by atoms with Gasteiger partial charge in [-0.25, -0.2) is 0 Å². The molecule has 0 bridgehead atoms. The van der Waals surface area contributed by atoms with Crippen molar-refractivity contribution in [3.05, 3.63) is 59.2 Å². The molecule has 6 heteroatoms. The van der Waals surface area contributed by atoms with E-state index in [-0.39, 0.29) is 24.9 Å². The summed E-state index contributed by atoms with van der Waals surface area (Å²) in [5, 5.41) is 5.52. The molecule has 0 spiro atoms. The fraction of sp³-hybridized carbons (Fsp3) is 0.364. The molecule has 0 unspecified atom stereocenters. The molecule has 0 aromatic heterocycles. The van der Waals surface area contributed by atoms with Crippen molar-refractivity contribution >= 4 is 17.5 Å². The van der Waals surface area contributed by atoms with Crippen molar-refractivity contribution < 1.29 is 14.3 Å². The van der Waals surface area contributed by atoms with Gasteiger partial charge in [-0.3, -0.25) is 14.5 Å². The van der Waals surface area contributed by atoms with Gasteiger partial charge in [-0.05, 0) is 38.1 Å². The average Bonchev–Trinajstić information content (AvgIpc) is 2.67. The summed E-state index contributed by atoms with van der Waals surface area (Å²) in [5.41, 5.74) is 4.01. The Bertz CT molecular complexity index is 820. The van der Waals surface area contributed by atoms with Crippen LogP contribution in [0.3, 0.4) is 0 Å². The molecule has 28 heavy (non-hydrogen) atoms. The zero-order chi connectivity index (χ0) is 20.5. The number of carbonyl (C=O) groups excluding carboxylic acids is 2. The van der Waals surface area contributed by atoms with Crippen LogP contribution < -0.4 is 15.4 Å². The van der Waals surface area contributed by atoms with E-state index in [9.17, 15) is 9.59 Å². The second-order valence-corrected chi connectivity index (χ2v) is 6.82. The summed E-state index contributed by atoms with van der Waals surface area (Å²) in [7, 11) is 3.50. The molecular formula is C22H29N3O3. The Morgan fingerprint density at radius 2 is 1.82 bits per heavy atom. The Morgan fingerprint density at radius 3 is 2.54 bits per heavy atom. The van der Waals surface area contributed by atoms with E-state index in [0.29, 0.717) is 6.54 Å². The summed E-state index contributed by atoms with van der Waals surface area (Å²) in [4.78, 5) is 26.2. The molecule has 0 heterocycles. The van der Waals surface area contributed by atoms with Gasteiger partial charge in [0.15, 0.2) is 0 Å². The van der Waals surface area contributed by atoms with Crippen LogP contribution in [0.2, 0.25) is 0 Å². The summed E-state index contributed by atoms with van der Waals surface area (Å²) in [6.07, 6.45) is 0.829. The van der Waals surface area contributed by atoms with Crippen LogP contribution in [-0.4, -0.2) is 44.0 Å². The number of hydrogen-bond acceptors (Lipinski definition) is 4. The third-order valence-corrected chi connectivity index (χ3v) is 4.41. The molecule has 6 nitrogen and oxygen atoms in total. The number of aryl methyl sites for hydroxylation is 2. The number of ether oxygens (including phenoxy) is 1. The number of rotatable bonds is 9. The molecule has 2 aromatic rings. The fourth-order valence-electron chi connectivity index (χ4n) is 3.00. The smallest absolute Gasteiger partial charge is 0.243 e. The highest BCUT2D eigenvalue weighted by Crippen LogP contribution is 2.20. The first-order valence-electron chi connectivity index (χ1n) is 9.39. The Morgan fingerprint density at radius 1 is 1.07 bits per heavy atom. The third kappa shape index (κ3) is 6.39. The van der Waals surface area contributed by atoms with E-state index in [1.165, 1.54) is 0 Å². The van der Waals surface area contributed by atoms with Gasteiger partial charge >= 0.3 is 0 Å². The maximum Gasteiger partial charge on any atom is 0.243 e. The van der Waals surface area contributed by atoms with Crippen LogP contribution in [-0.2, 0) is 22.6 Å². The summed E-state index contributed by atoms with van der Waals surface area (Å²) in [6, 6.07) is 13.6. The summed E-state index contributed by atoms with van der Waals surface area (Å²) in [6.45, 7) is 4.76. The lowest BCUT2D eigenvalue weighted by Gasteiger charge is -2.18. The molecule has 150 valence electrons. The third-order valence-electron chi connectivity index (χ3n) is 4.41. The molecule has 2 rings (SSSR count). The van der Waals surface area contributed by atoms with Gasteiger partial charge in [0.2, 0.25) is 11.8 Å². The predicted octanol–water partition coefficient (Wildman–Crippen LogP) is 2.75. The van der Waals surface area contributed by atoms with Crippen molar-refractivity contribution in [2.45, 2.75) is 26.8 Å². The number of anilines is 1. The van der Waals surface area contributed by atoms with E-state index in [4.69, 9.17) is 4.74 Å². The average molecular weight is 383 g/mol. The minimum absolute atomic E-state index is 0.0571. The van der Waals surface area contributed by atoms with Gasteiger partial charge in [-0.2, -0.15) is 0 Å². The van der Waals surface area contributed by atoms with Crippen LogP contribution in [0.5, 0.6) is 5.75 Å². The molecule has 0 atom stereocenters. The first-order valence-corrected chi connectivity index (χ1v) is 9.39. The number of carbonyl (C=O) groups is 2. The van der Waals surface area contributed by atoms with E-state index in [2.05, 4.69) is 10.6 Å². The van der Waals surface area contributed by atoms with E-state index < -0.39 is 0 Å². The fourth-order valence-corrected chi connectivity index (χ4v) is 3.00. The van der Waals surface area contributed by atoms with Crippen molar-refractivity contribution in [2.24, 2.45) is 0 Å². The molecule has 0 aliphatic carbocycles. The van der Waals surface area contributed by atoms with Crippen LogP contribution in [0.1, 0.15) is 23.6 Å². The monoisotopic (exact) mass is 383 g/mol. The molecule has 0 radical (unpaired) electrons. The molecule has 2 amide bonds. The Kier molecular flexibility index (Phi) is 8.02. The van der Waals surface area contributed by atoms with E-state index in [0.717, 1.165) is 34.5 Å². The molecule has 0 saturated carbocycles. The van der Waals surface area contributed by atoms with Crippen LogP contribution in [0.15, 0.2) is 42.5 Å². The summed E-state index contributed by atoms with van der Waals surface area (Å²) >= 11 is 0. The molecular weight excluding hydrogens is 354 g/mol. The number of hydrogen-bond donors (Lipinski definition) is 2. The van der Waals surface area contributed by atoms with Crippen molar-refractivity contribution in [2.75, 3.05) is 32.6 Å². The number of likely N-dealkylation sites (N-methyl/N-ethyl adjacent to an activating group) is 1. The standard InChI is InChI=1S/C22H29N3O3/c1-5-17-8-6-7-9-19(17)24-21(26)13-23-22(27)15-25(3)14-18-12-16(2)10-11-20(18)28-4/h6-12H,5,13-15H2,1-4H3,(H,23,27)(H,24,26). The van der Waals surface area contributed by atoms with Gasteiger partial charge < -0.3 is 15.4 Å². The summed E-state index contributed by atoms with van der Waals surface area (Å²) in [5.74, 6) is 0.358. The SMILES string of the molecule is CCc1ccccc1NC(=O)CNC(=O)CN(C)Cc1cc(C)ccc1OC. The minimum atomic E-state index is -0.239. The topological polar surface area (TPSA) is 70.7 Å². The number of nitrogens with zero attached hydrogens (tertiary/aromatic N) is 1. The quantitative estimate of drug-likeness (QED) is 0.699. The van der Waals surface area contributed by atoms with E-state index in [1.807, 2.05) is 68.3 Å². The maximum atomic E-state index is 12.2. The number of benzene rings is 2. The van der Waals surface area contributed by atoms with Gasteiger partial charge in [0.1, 0.15) is 5.75 Å². The molecule has 0 aliphatic heterocycles. The first-order chi connectivity index (χ1) is 13.4.